The van der Waals surface area contributed by atoms with Gasteiger partial charge in [-0.15, -0.1) is 6.58 Å². The number of hydrogen-bond donors (Lipinski definition) is 1. The van der Waals surface area contributed by atoms with Crippen LogP contribution in [0.4, 0.5) is 0 Å². The van der Waals surface area contributed by atoms with Gasteiger partial charge in [0.15, 0.2) is 0 Å². The highest BCUT2D eigenvalue weighted by Gasteiger charge is 2.21. The second kappa shape index (κ2) is 6.68. The van der Waals surface area contributed by atoms with Gasteiger partial charge in [-0.1, -0.05) is 25.1 Å². The third-order valence-electron chi connectivity index (χ3n) is 2.60. The summed E-state index contributed by atoms with van der Waals surface area (Å²) in [6.45, 7) is 6.82. The molecule has 1 aromatic rings. The Bertz CT molecular complexity index is 497. The number of rotatable bonds is 7. The van der Waals surface area contributed by atoms with Crippen LogP contribution in [-0.4, -0.2) is 32.9 Å². The van der Waals surface area contributed by atoms with Gasteiger partial charge in [0.1, 0.15) is 0 Å². The summed E-state index contributed by atoms with van der Waals surface area (Å²) in [6.07, 6.45) is 1.60. The lowest BCUT2D eigenvalue weighted by Crippen LogP contribution is -2.31. The van der Waals surface area contributed by atoms with Crippen LogP contribution in [0.2, 0.25) is 0 Å². The Labute approximate surface area is 109 Å². The summed E-state index contributed by atoms with van der Waals surface area (Å²) in [6, 6.07) is 7.00. The van der Waals surface area contributed by atoms with Crippen LogP contribution in [-0.2, 0) is 16.6 Å². The minimum atomic E-state index is -3.42. The van der Waals surface area contributed by atoms with Crippen molar-refractivity contribution in [3.05, 3.63) is 42.5 Å². The standard InChI is InChI=1S/C13H20N2O2S/c1-4-9-15(5-2)18(16,17)13-8-6-7-12(10-13)11-14-3/h4,6-8,10,14H,1,5,9,11H2,2-3H3. The van der Waals surface area contributed by atoms with Crippen LogP contribution < -0.4 is 5.32 Å². The zero-order valence-electron chi connectivity index (χ0n) is 10.9. The molecular formula is C13H20N2O2S. The molecule has 0 aliphatic heterocycles. The van der Waals surface area contributed by atoms with Gasteiger partial charge < -0.3 is 5.32 Å². The molecule has 0 spiro atoms. The molecule has 0 unspecified atom stereocenters. The molecule has 0 saturated heterocycles. The number of hydrogen-bond acceptors (Lipinski definition) is 3. The third-order valence-corrected chi connectivity index (χ3v) is 4.54. The average molecular weight is 268 g/mol. The largest absolute Gasteiger partial charge is 0.316 e. The molecule has 0 fully saturated rings. The molecule has 5 heteroatoms. The molecule has 4 nitrogen and oxygen atoms in total. The Morgan fingerprint density at radius 3 is 2.72 bits per heavy atom. The Morgan fingerprint density at radius 2 is 2.17 bits per heavy atom. The van der Waals surface area contributed by atoms with Crippen molar-refractivity contribution in [3.63, 3.8) is 0 Å². The van der Waals surface area contributed by atoms with E-state index in [1.165, 1.54) is 4.31 Å². The zero-order chi connectivity index (χ0) is 13.6. The number of likely N-dealkylation sites (N-methyl/N-ethyl adjacent to an activating group) is 1. The second-order valence-corrected chi connectivity index (χ2v) is 5.86. The van der Waals surface area contributed by atoms with E-state index in [1.54, 1.807) is 24.3 Å². The van der Waals surface area contributed by atoms with E-state index in [0.717, 1.165) is 5.56 Å². The SMILES string of the molecule is C=CCN(CC)S(=O)(=O)c1cccc(CNC)c1. The van der Waals surface area contributed by atoms with Crippen molar-refractivity contribution in [2.75, 3.05) is 20.1 Å². The first kappa shape index (κ1) is 14.9. The summed E-state index contributed by atoms with van der Waals surface area (Å²) in [5.41, 5.74) is 0.952. The maximum Gasteiger partial charge on any atom is 0.243 e. The summed E-state index contributed by atoms with van der Waals surface area (Å²) in [5, 5.41) is 3.01. The fourth-order valence-corrected chi connectivity index (χ4v) is 3.20. The Morgan fingerprint density at radius 1 is 1.44 bits per heavy atom. The van der Waals surface area contributed by atoms with Gasteiger partial charge in [0, 0.05) is 19.6 Å². The number of sulfonamides is 1. The first-order valence-corrected chi connectivity index (χ1v) is 7.34. The summed E-state index contributed by atoms with van der Waals surface area (Å²) in [4.78, 5) is 0.332. The predicted molar refractivity (Wildman–Crippen MR) is 73.8 cm³/mol. The summed E-state index contributed by atoms with van der Waals surface area (Å²) in [5.74, 6) is 0. The topological polar surface area (TPSA) is 49.4 Å². The number of nitrogens with one attached hydrogen (secondary N) is 1. The van der Waals surface area contributed by atoms with Crippen molar-refractivity contribution in [2.24, 2.45) is 0 Å². The molecule has 0 radical (unpaired) electrons. The summed E-state index contributed by atoms with van der Waals surface area (Å²) < 4.78 is 26.1. The third kappa shape index (κ3) is 3.41. The maximum absolute atomic E-state index is 12.4. The van der Waals surface area contributed by atoms with Crippen LogP contribution in [0.3, 0.4) is 0 Å². The molecule has 0 bridgehead atoms. The van der Waals surface area contributed by atoms with Crippen molar-refractivity contribution >= 4 is 10.0 Å². The fourth-order valence-electron chi connectivity index (χ4n) is 1.71. The first-order chi connectivity index (χ1) is 8.56. The first-order valence-electron chi connectivity index (χ1n) is 5.90. The van der Waals surface area contributed by atoms with E-state index in [4.69, 9.17) is 0 Å². The van der Waals surface area contributed by atoms with Crippen molar-refractivity contribution < 1.29 is 8.42 Å². The highest BCUT2D eigenvalue weighted by molar-refractivity contribution is 7.89. The number of nitrogens with zero attached hydrogens (tertiary/aromatic N) is 1. The molecule has 18 heavy (non-hydrogen) atoms. The lowest BCUT2D eigenvalue weighted by Gasteiger charge is -2.19. The van der Waals surface area contributed by atoms with E-state index in [9.17, 15) is 8.42 Å². The van der Waals surface area contributed by atoms with Crippen molar-refractivity contribution in [1.82, 2.24) is 9.62 Å². The lowest BCUT2D eigenvalue weighted by atomic mass is 10.2. The smallest absolute Gasteiger partial charge is 0.243 e. The summed E-state index contributed by atoms with van der Waals surface area (Å²) in [7, 11) is -1.59. The molecular weight excluding hydrogens is 248 g/mol. The van der Waals surface area contributed by atoms with E-state index >= 15 is 0 Å². The number of benzene rings is 1. The molecule has 0 amide bonds. The van der Waals surface area contributed by atoms with E-state index in [1.807, 2.05) is 20.0 Å². The van der Waals surface area contributed by atoms with Crippen LogP contribution in [0.5, 0.6) is 0 Å². The monoisotopic (exact) mass is 268 g/mol. The van der Waals surface area contributed by atoms with Gasteiger partial charge in [-0.25, -0.2) is 8.42 Å². The van der Waals surface area contributed by atoms with E-state index in [0.29, 0.717) is 24.5 Å². The molecule has 0 aliphatic carbocycles. The van der Waals surface area contributed by atoms with Crippen molar-refractivity contribution in [2.45, 2.75) is 18.4 Å². The van der Waals surface area contributed by atoms with E-state index in [2.05, 4.69) is 11.9 Å². The maximum atomic E-state index is 12.4. The van der Waals surface area contributed by atoms with Crippen molar-refractivity contribution in [1.29, 1.82) is 0 Å². The highest BCUT2D eigenvalue weighted by atomic mass is 32.2. The molecule has 100 valence electrons. The van der Waals surface area contributed by atoms with Crippen LogP contribution in [0.15, 0.2) is 41.8 Å². The lowest BCUT2D eigenvalue weighted by molar-refractivity contribution is 0.460. The Kier molecular flexibility index (Phi) is 5.53. The van der Waals surface area contributed by atoms with Gasteiger partial charge in [0.05, 0.1) is 4.90 Å². The minimum absolute atomic E-state index is 0.328. The van der Waals surface area contributed by atoms with Gasteiger partial charge in [0.2, 0.25) is 10.0 Å². The molecule has 0 atom stereocenters. The van der Waals surface area contributed by atoms with Gasteiger partial charge >= 0.3 is 0 Å². The molecule has 1 rings (SSSR count). The zero-order valence-corrected chi connectivity index (χ0v) is 11.7. The quantitative estimate of drug-likeness (QED) is 0.764. The fraction of sp³-hybridized carbons (Fsp3) is 0.385. The van der Waals surface area contributed by atoms with Crippen molar-refractivity contribution in [3.8, 4) is 0 Å². The normalized spacial score (nSPS) is 11.7. The van der Waals surface area contributed by atoms with Crippen LogP contribution in [0.1, 0.15) is 12.5 Å². The van der Waals surface area contributed by atoms with Gasteiger partial charge in [0.25, 0.3) is 0 Å². The predicted octanol–water partition coefficient (Wildman–Crippen LogP) is 1.60. The molecule has 1 aromatic carbocycles. The molecule has 1 N–H and O–H groups in total. The van der Waals surface area contributed by atoms with Crippen LogP contribution in [0, 0.1) is 0 Å². The minimum Gasteiger partial charge on any atom is -0.316 e. The van der Waals surface area contributed by atoms with Gasteiger partial charge in [-0.2, -0.15) is 4.31 Å². The molecule has 0 aromatic heterocycles. The van der Waals surface area contributed by atoms with Gasteiger partial charge in [-0.3, -0.25) is 0 Å². The second-order valence-electron chi connectivity index (χ2n) is 3.92. The molecule has 0 saturated carbocycles. The Balaban J connectivity index is 3.10. The van der Waals surface area contributed by atoms with E-state index < -0.39 is 10.0 Å². The summed E-state index contributed by atoms with van der Waals surface area (Å²) >= 11 is 0. The molecule has 0 heterocycles. The highest BCUT2D eigenvalue weighted by Crippen LogP contribution is 2.17. The van der Waals surface area contributed by atoms with Crippen LogP contribution >= 0.6 is 0 Å². The van der Waals surface area contributed by atoms with E-state index in [-0.39, 0.29) is 0 Å². The average Bonchev–Trinajstić information content (AvgIpc) is 2.36. The van der Waals surface area contributed by atoms with Gasteiger partial charge in [-0.05, 0) is 24.7 Å². The Hall–Kier alpha value is -1.17. The van der Waals surface area contributed by atoms with Crippen LogP contribution in [0.25, 0.3) is 0 Å². The molecule has 0 aliphatic rings.